The molecule has 3 aromatic carbocycles. The van der Waals surface area contributed by atoms with Gasteiger partial charge in [0.1, 0.15) is 0 Å². The second-order valence-corrected chi connectivity index (χ2v) is 8.32. The molecule has 0 radical (unpaired) electrons. The predicted octanol–water partition coefficient (Wildman–Crippen LogP) is 6.79. The molecule has 2 aliphatic rings. The van der Waals surface area contributed by atoms with E-state index in [4.69, 9.17) is 5.73 Å². The fourth-order valence-corrected chi connectivity index (χ4v) is 4.69. The molecule has 0 unspecified atom stereocenters. The first-order valence-corrected chi connectivity index (χ1v) is 11.1. The maximum Gasteiger partial charge on any atom is 0.0387 e. The fraction of sp³-hybridized carbons (Fsp3) is 0.172. The molecule has 0 bridgehead atoms. The van der Waals surface area contributed by atoms with E-state index < -0.39 is 0 Å². The van der Waals surface area contributed by atoms with Crippen LogP contribution < -0.4 is 5.73 Å². The van der Waals surface area contributed by atoms with Crippen molar-refractivity contribution in [3.63, 3.8) is 0 Å². The summed E-state index contributed by atoms with van der Waals surface area (Å²) in [5.74, 6) is 0. The molecular weight excluding hydrogens is 412 g/mol. The van der Waals surface area contributed by atoms with E-state index in [9.17, 15) is 0 Å². The van der Waals surface area contributed by atoms with Crippen molar-refractivity contribution in [1.29, 1.82) is 0 Å². The highest BCUT2D eigenvalue weighted by atomic mass is 35.5. The first-order chi connectivity index (χ1) is 15.3. The Morgan fingerprint density at radius 3 is 1.94 bits per heavy atom. The topological polar surface area (TPSA) is 29.3 Å². The van der Waals surface area contributed by atoms with Gasteiger partial charge in [-0.2, -0.15) is 0 Å². The van der Waals surface area contributed by atoms with Crippen LogP contribution in [0.3, 0.4) is 0 Å². The number of benzene rings is 3. The molecule has 1 aliphatic carbocycles. The summed E-state index contributed by atoms with van der Waals surface area (Å²) in [6, 6.07) is 25.7. The molecular formula is C29H29ClN2. The zero-order chi connectivity index (χ0) is 21.0. The number of hydrogen-bond acceptors (Lipinski definition) is 2. The van der Waals surface area contributed by atoms with Crippen LogP contribution in [0, 0.1) is 0 Å². The number of nitrogens with zero attached hydrogens (tertiary/aromatic N) is 1. The number of fused-ring (bicyclic) bond motifs is 2. The minimum atomic E-state index is 0. The summed E-state index contributed by atoms with van der Waals surface area (Å²) in [6.45, 7) is 3.14. The number of rotatable bonds is 3. The van der Waals surface area contributed by atoms with Gasteiger partial charge >= 0.3 is 0 Å². The van der Waals surface area contributed by atoms with Crippen LogP contribution in [-0.2, 0) is 0 Å². The molecule has 3 aromatic rings. The van der Waals surface area contributed by atoms with E-state index in [1.54, 1.807) is 5.57 Å². The number of para-hydroxylation sites is 1. The van der Waals surface area contributed by atoms with E-state index in [0.717, 1.165) is 43.7 Å². The number of anilines is 1. The Balaban J connectivity index is 0.00000245. The van der Waals surface area contributed by atoms with Gasteiger partial charge < -0.3 is 5.73 Å². The first-order valence-electron chi connectivity index (χ1n) is 11.1. The zero-order valence-electron chi connectivity index (χ0n) is 18.2. The third-order valence-electron chi connectivity index (χ3n) is 6.37. The van der Waals surface area contributed by atoms with Gasteiger partial charge in [0.05, 0.1) is 0 Å². The van der Waals surface area contributed by atoms with E-state index in [2.05, 4.69) is 83.8 Å². The van der Waals surface area contributed by atoms with Crippen LogP contribution in [0.25, 0.3) is 23.8 Å². The molecule has 0 spiro atoms. The van der Waals surface area contributed by atoms with Crippen molar-refractivity contribution in [2.24, 2.45) is 0 Å². The molecule has 2 N–H and O–H groups in total. The molecule has 32 heavy (non-hydrogen) atoms. The summed E-state index contributed by atoms with van der Waals surface area (Å²) in [7, 11) is 0. The highest BCUT2D eigenvalue weighted by Crippen LogP contribution is 2.38. The van der Waals surface area contributed by atoms with E-state index in [1.165, 1.54) is 27.8 Å². The van der Waals surface area contributed by atoms with Crippen molar-refractivity contribution in [2.75, 3.05) is 25.4 Å². The van der Waals surface area contributed by atoms with Crippen LogP contribution in [-0.4, -0.2) is 24.5 Å². The molecule has 0 saturated carbocycles. The molecule has 0 aromatic heterocycles. The van der Waals surface area contributed by atoms with Crippen molar-refractivity contribution in [1.82, 2.24) is 4.90 Å². The fourth-order valence-electron chi connectivity index (χ4n) is 4.69. The smallest absolute Gasteiger partial charge is 0.0387 e. The molecule has 2 nitrogen and oxygen atoms in total. The average molecular weight is 441 g/mol. The normalized spacial score (nSPS) is 15.8. The summed E-state index contributed by atoms with van der Waals surface area (Å²) in [5, 5.41) is 0. The van der Waals surface area contributed by atoms with Gasteiger partial charge in [-0.25, -0.2) is 0 Å². The Morgan fingerprint density at radius 2 is 1.31 bits per heavy atom. The van der Waals surface area contributed by atoms with Crippen molar-refractivity contribution >= 4 is 41.9 Å². The lowest BCUT2D eigenvalue weighted by Gasteiger charge is -2.29. The Bertz CT molecular complexity index is 1130. The molecule has 3 heteroatoms. The average Bonchev–Trinajstić information content (AvgIpc) is 2.98. The van der Waals surface area contributed by atoms with Gasteiger partial charge in [-0.3, -0.25) is 4.90 Å². The summed E-state index contributed by atoms with van der Waals surface area (Å²) in [6.07, 6.45) is 11.1. The monoisotopic (exact) mass is 440 g/mol. The number of nitrogen functional groups attached to an aromatic ring is 1. The van der Waals surface area contributed by atoms with Gasteiger partial charge in [0.15, 0.2) is 0 Å². The zero-order valence-corrected chi connectivity index (χ0v) is 19.0. The lowest BCUT2D eigenvalue weighted by atomic mass is 9.86. The van der Waals surface area contributed by atoms with Crippen LogP contribution in [0.4, 0.5) is 5.69 Å². The molecule has 1 heterocycles. The number of hydrogen-bond donors (Lipinski definition) is 1. The third-order valence-corrected chi connectivity index (χ3v) is 6.37. The maximum absolute atomic E-state index is 6.06. The second kappa shape index (κ2) is 10.0. The number of nitrogens with two attached hydrogens (primary N) is 1. The van der Waals surface area contributed by atoms with Gasteiger partial charge in [-0.1, -0.05) is 96.6 Å². The lowest BCUT2D eigenvalue weighted by molar-refractivity contribution is 0.284. The quantitative estimate of drug-likeness (QED) is 0.355. The van der Waals surface area contributed by atoms with Crippen molar-refractivity contribution in [3.8, 4) is 0 Å². The highest BCUT2D eigenvalue weighted by molar-refractivity contribution is 5.94. The molecule has 5 rings (SSSR count). The van der Waals surface area contributed by atoms with Crippen molar-refractivity contribution in [3.05, 3.63) is 112 Å². The van der Waals surface area contributed by atoms with Crippen LogP contribution >= 0.6 is 12.4 Å². The van der Waals surface area contributed by atoms with Crippen LogP contribution in [0.2, 0.25) is 0 Å². The Labute approximate surface area is 197 Å². The number of likely N-dealkylation sites (tertiary alicyclic amines) is 1. The molecule has 0 atom stereocenters. The molecule has 0 amide bonds. The first kappa shape index (κ1) is 22.1. The molecule has 162 valence electrons. The summed E-state index contributed by atoms with van der Waals surface area (Å²) < 4.78 is 0. The van der Waals surface area contributed by atoms with Gasteiger partial charge in [-0.05, 0) is 52.3 Å². The summed E-state index contributed by atoms with van der Waals surface area (Å²) >= 11 is 0. The van der Waals surface area contributed by atoms with Crippen molar-refractivity contribution in [2.45, 2.75) is 12.8 Å². The van der Waals surface area contributed by atoms with Crippen LogP contribution in [0.1, 0.15) is 40.7 Å². The van der Waals surface area contributed by atoms with Crippen LogP contribution in [0.5, 0.6) is 0 Å². The maximum atomic E-state index is 6.06. The second-order valence-electron chi connectivity index (χ2n) is 8.32. The Morgan fingerprint density at radius 1 is 0.750 bits per heavy atom. The van der Waals surface area contributed by atoms with E-state index in [0.29, 0.717) is 0 Å². The predicted molar refractivity (Wildman–Crippen MR) is 141 cm³/mol. The van der Waals surface area contributed by atoms with E-state index in [-0.39, 0.29) is 12.4 Å². The van der Waals surface area contributed by atoms with Gasteiger partial charge in [0, 0.05) is 25.3 Å². The summed E-state index contributed by atoms with van der Waals surface area (Å²) in [4.78, 5) is 2.53. The Kier molecular flexibility index (Phi) is 6.94. The SMILES string of the molecule is Cl.Nc1ccccc1C=CCN1CCC(=C2c3ccccc3C=Cc3ccccc32)CC1. The standard InChI is InChI=1S/C29H28N2.ClH/c30-28-14-6-3-10-24(28)11-7-19-31-20-17-25(18-21-31)29-26-12-4-1-8-22(26)15-16-23-9-2-5-13-27(23)29;/h1-16H,17-21,30H2;1H. The van der Waals surface area contributed by atoms with Gasteiger partial charge in [0.2, 0.25) is 0 Å². The minimum Gasteiger partial charge on any atom is -0.398 e. The van der Waals surface area contributed by atoms with Crippen LogP contribution in [0.15, 0.2) is 84.4 Å². The van der Waals surface area contributed by atoms with E-state index >= 15 is 0 Å². The van der Waals surface area contributed by atoms with Gasteiger partial charge in [0.25, 0.3) is 0 Å². The van der Waals surface area contributed by atoms with Gasteiger partial charge in [-0.15, -0.1) is 12.4 Å². The Hall–Kier alpha value is -3.07. The lowest BCUT2D eigenvalue weighted by Crippen LogP contribution is -2.31. The molecule has 1 fully saturated rings. The molecule has 1 saturated heterocycles. The van der Waals surface area contributed by atoms with Crippen molar-refractivity contribution < 1.29 is 0 Å². The number of halogens is 1. The third kappa shape index (κ3) is 4.57. The minimum absolute atomic E-state index is 0. The highest BCUT2D eigenvalue weighted by Gasteiger charge is 2.21. The largest absolute Gasteiger partial charge is 0.398 e. The van der Waals surface area contributed by atoms with E-state index in [1.807, 2.05) is 18.2 Å². The molecule has 1 aliphatic heterocycles. The summed E-state index contributed by atoms with van der Waals surface area (Å²) in [5.41, 5.74) is 16.4. The number of piperidine rings is 1.